The van der Waals surface area contributed by atoms with Crippen LogP contribution in [-0.2, 0) is 17.0 Å². The highest BCUT2D eigenvalue weighted by Crippen LogP contribution is 2.22. The molecule has 0 bridgehead atoms. The second-order valence-corrected chi connectivity index (χ2v) is 5.78. The number of hydrogen-bond donors (Lipinski definition) is 0. The molecule has 1 atom stereocenters. The van der Waals surface area contributed by atoms with Gasteiger partial charge < -0.3 is 4.74 Å². The molecular formula is C13H17N5OS. The zero-order valence-electron chi connectivity index (χ0n) is 11.4. The molecule has 1 aliphatic rings. The highest BCUT2D eigenvalue weighted by Gasteiger charge is 2.19. The Bertz CT molecular complexity index is 567. The molecule has 2 aromatic rings. The Labute approximate surface area is 121 Å². The summed E-state index contributed by atoms with van der Waals surface area (Å²) in [5.74, 6) is 0.776. The van der Waals surface area contributed by atoms with Gasteiger partial charge in [0, 0.05) is 18.6 Å². The van der Waals surface area contributed by atoms with E-state index in [1.807, 2.05) is 16.9 Å². The molecule has 1 aliphatic heterocycles. The van der Waals surface area contributed by atoms with Gasteiger partial charge in [-0.3, -0.25) is 4.98 Å². The quantitative estimate of drug-likeness (QED) is 0.783. The van der Waals surface area contributed by atoms with E-state index in [9.17, 15) is 0 Å². The number of nitrogens with zero attached hydrogens (tertiary/aromatic N) is 5. The maximum Gasteiger partial charge on any atom is 0.209 e. The lowest BCUT2D eigenvalue weighted by molar-refractivity contribution is 0.0912. The minimum Gasteiger partial charge on any atom is -0.376 e. The van der Waals surface area contributed by atoms with E-state index in [1.165, 1.54) is 5.56 Å². The van der Waals surface area contributed by atoms with Crippen LogP contribution in [0.5, 0.6) is 0 Å². The number of rotatable bonds is 5. The molecular weight excluding hydrogens is 274 g/mol. The SMILES string of the molecule is Cc1cccnc1CSc1nnnn1C[C@H]1CCCO1. The van der Waals surface area contributed by atoms with Gasteiger partial charge in [-0.15, -0.1) is 5.10 Å². The average Bonchev–Trinajstić information content (AvgIpc) is 3.10. The highest BCUT2D eigenvalue weighted by molar-refractivity contribution is 7.98. The number of pyridine rings is 1. The molecule has 0 aliphatic carbocycles. The largest absolute Gasteiger partial charge is 0.376 e. The van der Waals surface area contributed by atoms with Crippen LogP contribution in [0.15, 0.2) is 23.5 Å². The lowest BCUT2D eigenvalue weighted by Gasteiger charge is -2.10. The first-order chi connectivity index (χ1) is 9.83. The second-order valence-electron chi connectivity index (χ2n) is 4.83. The van der Waals surface area contributed by atoms with E-state index in [4.69, 9.17) is 4.74 Å². The van der Waals surface area contributed by atoms with Gasteiger partial charge in [-0.2, -0.15) is 0 Å². The van der Waals surface area contributed by atoms with E-state index in [-0.39, 0.29) is 6.10 Å². The van der Waals surface area contributed by atoms with Gasteiger partial charge in [0.15, 0.2) is 0 Å². The number of thioether (sulfide) groups is 1. The first kappa shape index (κ1) is 13.5. The standard InChI is InChI=1S/C13H17N5OS/c1-10-4-2-6-14-12(10)9-20-13-15-16-17-18(13)8-11-5-3-7-19-11/h2,4,6,11H,3,5,7-9H2,1H3/t11-/m1/s1. The summed E-state index contributed by atoms with van der Waals surface area (Å²) in [5, 5.41) is 12.7. The molecule has 0 N–H and O–H groups in total. The van der Waals surface area contributed by atoms with E-state index < -0.39 is 0 Å². The summed E-state index contributed by atoms with van der Waals surface area (Å²) in [6.45, 7) is 3.65. The first-order valence-corrected chi connectivity index (χ1v) is 7.72. The van der Waals surface area contributed by atoms with Crippen LogP contribution in [0.25, 0.3) is 0 Å². The second kappa shape index (κ2) is 6.32. The number of hydrogen-bond acceptors (Lipinski definition) is 6. The van der Waals surface area contributed by atoms with E-state index in [0.717, 1.165) is 42.6 Å². The van der Waals surface area contributed by atoms with Crippen molar-refractivity contribution in [2.75, 3.05) is 6.61 Å². The van der Waals surface area contributed by atoms with E-state index in [2.05, 4.69) is 33.5 Å². The molecule has 0 spiro atoms. The van der Waals surface area contributed by atoms with Gasteiger partial charge in [0.2, 0.25) is 5.16 Å². The molecule has 1 fully saturated rings. The average molecular weight is 291 g/mol. The number of tetrazole rings is 1. The Kier molecular flexibility index (Phi) is 4.27. The van der Waals surface area contributed by atoms with Crippen LogP contribution in [0, 0.1) is 6.92 Å². The molecule has 3 rings (SSSR count). The van der Waals surface area contributed by atoms with Crippen LogP contribution >= 0.6 is 11.8 Å². The maximum absolute atomic E-state index is 5.63. The Morgan fingerprint density at radius 2 is 2.45 bits per heavy atom. The Hall–Kier alpha value is -1.47. The predicted octanol–water partition coefficient (Wildman–Crippen LogP) is 1.85. The maximum atomic E-state index is 5.63. The molecule has 0 aromatic carbocycles. The van der Waals surface area contributed by atoms with Crippen LogP contribution in [0.3, 0.4) is 0 Å². The minimum absolute atomic E-state index is 0.245. The molecule has 20 heavy (non-hydrogen) atoms. The van der Waals surface area contributed by atoms with Gasteiger partial charge in [-0.05, 0) is 41.8 Å². The van der Waals surface area contributed by atoms with Crippen LogP contribution in [0.4, 0.5) is 0 Å². The smallest absolute Gasteiger partial charge is 0.209 e. The Balaban J connectivity index is 1.63. The van der Waals surface area contributed by atoms with Gasteiger partial charge in [-0.25, -0.2) is 4.68 Å². The number of aromatic nitrogens is 5. The molecule has 7 heteroatoms. The van der Waals surface area contributed by atoms with Crippen molar-refractivity contribution in [2.45, 2.75) is 43.3 Å². The van der Waals surface area contributed by atoms with Crippen LogP contribution < -0.4 is 0 Å². The van der Waals surface area contributed by atoms with Gasteiger partial charge in [0.05, 0.1) is 18.3 Å². The van der Waals surface area contributed by atoms with Crippen molar-refractivity contribution in [3.05, 3.63) is 29.6 Å². The molecule has 0 unspecified atom stereocenters. The minimum atomic E-state index is 0.245. The molecule has 0 radical (unpaired) electrons. The summed E-state index contributed by atoms with van der Waals surface area (Å²) in [4.78, 5) is 4.39. The van der Waals surface area contributed by atoms with Gasteiger partial charge >= 0.3 is 0 Å². The van der Waals surface area contributed by atoms with Crippen molar-refractivity contribution in [3.63, 3.8) is 0 Å². The lowest BCUT2D eigenvalue weighted by atomic mass is 10.2. The Morgan fingerprint density at radius 1 is 1.50 bits per heavy atom. The predicted molar refractivity (Wildman–Crippen MR) is 75.3 cm³/mol. The van der Waals surface area contributed by atoms with E-state index >= 15 is 0 Å². The highest BCUT2D eigenvalue weighted by atomic mass is 32.2. The van der Waals surface area contributed by atoms with Crippen molar-refractivity contribution < 1.29 is 4.74 Å². The third-order valence-corrected chi connectivity index (χ3v) is 4.32. The van der Waals surface area contributed by atoms with Crippen molar-refractivity contribution in [1.82, 2.24) is 25.2 Å². The fraction of sp³-hybridized carbons (Fsp3) is 0.538. The van der Waals surface area contributed by atoms with Gasteiger partial charge in [0.1, 0.15) is 0 Å². The van der Waals surface area contributed by atoms with Crippen LogP contribution in [-0.4, -0.2) is 37.9 Å². The monoisotopic (exact) mass is 291 g/mol. The third-order valence-electron chi connectivity index (χ3n) is 3.36. The molecule has 1 saturated heterocycles. The van der Waals surface area contributed by atoms with Gasteiger partial charge in [0.25, 0.3) is 0 Å². The number of aryl methyl sites for hydroxylation is 1. The summed E-state index contributed by atoms with van der Waals surface area (Å²) < 4.78 is 7.46. The van der Waals surface area contributed by atoms with E-state index in [0.29, 0.717) is 0 Å². The van der Waals surface area contributed by atoms with Crippen LogP contribution in [0.1, 0.15) is 24.1 Å². The van der Waals surface area contributed by atoms with Crippen molar-refractivity contribution in [2.24, 2.45) is 0 Å². The number of ether oxygens (including phenoxy) is 1. The summed E-state index contributed by atoms with van der Waals surface area (Å²) in [7, 11) is 0. The summed E-state index contributed by atoms with van der Waals surface area (Å²) in [6.07, 6.45) is 4.28. The lowest BCUT2D eigenvalue weighted by Crippen LogP contribution is -2.16. The summed E-state index contributed by atoms with van der Waals surface area (Å²) >= 11 is 1.61. The van der Waals surface area contributed by atoms with Crippen molar-refractivity contribution in [1.29, 1.82) is 0 Å². The van der Waals surface area contributed by atoms with Crippen molar-refractivity contribution >= 4 is 11.8 Å². The molecule has 3 heterocycles. The normalized spacial score (nSPS) is 18.6. The molecule has 0 saturated carbocycles. The summed E-state index contributed by atoms with van der Waals surface area (Å²) in [6, 6.07) is 4.02. The zero-order valence-corrected chi connectivity index (χ0v) is 12.2. The third kappa shape index (κ3) is 3.16. The van der Waals surface area contributed by atoms with Crippen molar-refractivity contribution in [3.8, 4) is 0 Å². The molecule has 6 nitrogen and oxygen atoms in total. The van der Waals surface area contributed by atoms with E-state index in [1.54, 1.807) is 11.8 Å². The molecule has 106 valence electrons. The fourth-order valence-electron chi connectivity index (χ4n) is 2.20. The first-order valence-electron chi connectivity index (χ1n) is 6.74. The van der Waals surface area contributed by atoms with Crippen LogP contribution in [0.2, 0.25) is 0 Å². The molecule has 2 aromatic heterocycles. The zero-order chi connectivity index (χ0) is 13.8. The Morgan fingerprint density at radius 3 is 3.25 bits per heavy atom. The fourth-order valence-corrected chi connectivity index (χ4v) is 3.12. The topological polar surface area (TPSA) is 65.7 Å². The summed E-state index contributed by atoms with van der Waals surface area (Å²) in [5.41, 5.74) is 2.27. The molecule has 0 amide bonds. The van der Waals surface area contributed by atoms with Gasteiger partial charge in [-0.1, -0.05) is 17.8 Å².